The summed E-state index contributed by atoms with van der Waals surface area (Å²) in [7, 11) is 0. The first-order valence-electron chi connectivity index (χ1n) is 9.29. The van der Waals surface area contributed by atoms with Crippen molar-refractivity contribution < 1.29 is 9.32 Å². The van der Waals surface area contributed by atoms with Gasteiger partial charge >= 0.3 is 0 Å². The van der Waals surface area contributed by atoms with E-state index in [1.54, 1.807) is 0 Å². The molecule has 2 aromatic heterocycles. The maximum absolute atomic E-state index is 13.4. The molecule has 0 bridgehead atoms. The Morgan fingerprint density at radius 2 is 2.04 bits per heavy atom. The minimum absolute atomic E-state index is 0.0506. The van der Waals surface area contributed by atoms with E-state index in [1.807, 2.05) is 48.2 Å². The largest absolute Gasteiger partial charge is 0.338 e. The van der Waals surface area contributed by atoms with Crippen LogP contribution in [0.3, 0.4) is 0 Å². The smallest absolute Gasteiger partial charge is 0.259 e. The monoisotopic (exact) mass is 349 g/mol. The SMILES string of the molecule is CCCN(CC1CC1)C(=O)c1cc(-c2ccccc2)nc2onc(C)c12. The fraction of sp³-hybridized carbons (Fsp3) is 0.381. The molecule has 0 atom stereocenters. The highest BCUT2D eigenvalue weighted by Gasteiger charge is 2.29. The van der Waals surface area contributed by atoms with Crippen LogP contribution in [-0.2, 0) is 0 Å². The lowest BCUT2D eigenvalue weighted by molar-refractivity contribution is 0.0749. The third-order valence-electron chi connectivity index (χ3n) is 4.87. The summed E-state index contributed by atoms with van der Waals surface area (Å²) in [5.74, 6) is 0.703. The molecule has 1 aliphatic rings. The van der Waals surface area contributed by atoms with Crippen molar-refractivity contribution in [3.8, 4) is 11.3 Å². The highest BCUT2D eigenvalue weighted by molar-refractivity contribution is 6.07. The van der Waals surface area contributed by atoms with Crippen LogP contribution in [0, 0.1) is 12.8 Å². The van der Waals surface area contributed by atoms with E-state index in [0.29, 0.717) is 22.9 Å². The Balaban J connectivity index is 1.81. The van der Waals surface area contributed by atoms with Crippen molar-refractivity contribution in [2.45, 2.75) is 33.1 Å². The average Bonchev–Trinajstić information content (AvgIpc) is 3.42. The number of nitrogens with zero attached hydrogens (tertiary/aromatic N) is 3. The molecule has 3 aromatic rings. The van der Waals surface area contributed by atoms with Crippen molar-refractivity contribution in [2.24, 2.45) is 5.92 Å². The molecule has 0 spiro atoms. The number of hydrogen-bond acceptors (Lipinski definition) is 4. The molecule has 1 saturated carbocycles. The molecule has 5 nitrogen and oxygen atoms in total. The van der Waals surface area contributed by atoms with Crippen LogP contribution >= 0.6 is 0 Å². The van der Waals surface area contributed by atoms with E-state index >= 15 is 0 Å². The number of rotatable bonds is 6. The van der Waals surface area contributed by atoms with Gasteiger partial charge in [0.25, 0.3) is 11.6 Å². The fourth-order valence-electron chi connectivity index (χ4n) is 3.35. The van der Waals surface area contributed by atoms with Gasteiger partial charge in [-0.1, -0.05) is 42.4 Å². The Morgan fingerprint density at radius 3 is 2.73 bits per heavy atom. The zero-order valence-corrected chi connectivity index (χ0v) is 15.2. The number of aromatic nitrogens is 2. The van der Waals surface area contributed by atoms with Crippen molar-refractivity contribution >= 4 is 17.0 Å². The van der Waals surface area contributed by atoms with E-state index in [2.05, 4.69) is 17.1 Å². The molecule has 0 aliphatic heterocycles. The first kappa shape index (κ1) is 16.8. The molecular formula is C21H23N3O2. The number of carbonyl (C=O) groups is 1. The molecule has 1 amide bonds. The number of amides is 1. The second-order valence-corrected chi connectivity index (χ2v) is 7.06. The summed E-state index contributed by atoms with van der Waals surface area (Å²) < 4.78 is 5.40. The highest BCUT2D eigenvalue weighted by atomic mass is 16.5. The van der Waals surface area contributed by atoms with Gasteiger partial charge < -0.3 is 9.42 Å². The first-order chi connectivity index (χ1) is 12.7. The van der Waals surface area contributed by atoms with Crippen LogP contribution in [0.1, 0.15) is 42.2 Å². The first-order valence-corrected chi connectivity index (χ1v) is 9.29. The lowest BCUT2D eigenvalue weighted by Gasteiger charge is -2.22. The van der Waals surface area contributed by atoms with Gasteiger partial charge in [0.05, 0.1) is 22.3 Å². The summed E-state index contributed by atoms with van der Waals surface area (Å²) in [6, 6.07) is 11.8. The lowest BCUT2D eigenvalue weighted by Crippen LogP contribution is -2.33. The fourth-order valence-corrected chi connectivity index (χ4v) is 3.35. The molecule has 1 aliphatic carbocycles. The average molecular weight is 349 g/mol. The molecule has 2 heterocycles. The van der Waals surface area contributed by atoms with E-state index in [1.165, 1.54) is 12.8 Å². The van der Waals surface area contributed by atoms with Gasteiger partial charge in [-0.3, -0.25) is 4.79 Å². The number of pyridine rings is 1. The minimum Gasteiger partial charge on any atom is -0.338 e. The lowest BCUT2D eigenvalue weighted by atomic mass is 10.0. The van der Waals surface area contributed by atoms with Gasteiger partial charge in [-0.05, 0) is 38.2 Å². The van der Waals surface area contributed by atoms with Crippen molar-refractivity contribution in [2.75, 3.05) is 13.1 Å². The summed E-state index contributed by atoms with van der Waals surface area (Å²) in [6.07, 6.45) is 3.39. The molecule has 0 unspecified atom stereocenters. The molecule has 4 rings (SSSR count). The predicted octanol–water partition coefficient (Wildman–Crippen LogP) is 4.46. The maximum atomic E-state index is 13.4. The van der Waals surface area contributed by atoms with Crippen molar-refractivity contribution in [1.29, 1.82) is 0 Å². The Kier molecular flexibility index (Phi) is 4.45. The van der Waals surface area contributed by atoms with Crippen molar-refractivity contribution in [1.82, 2.24) is 15.0 Å². The maximum Gasteiger partial charge on any atom is 0.259 e. The molecule has 0 saturated heterocycles. The standard InChI is InChI=1S/C21H23N3O2/c1-3-11-24(13-15-9-10-15)21(25)17-12-18(16-7-5-4-6-8-16)22-20-19(17)14(2)23-26-20/h4-8,12,15H,3,9-11,13H2,1-2H3. The highest BCUT2D eigenvalue weighted by Crippen LogP contribution is 2.32. The zero-order valence-electron chi connectivity index (χ0n) is 15.2. The Hall–Kier alpha value is -2.69. The Labute approximate surface area is 153 Å². The summed E-state index contributed by atoms with van der Waals surface area (Å²) in [5.41, 5.74) is 3.47. The molecule has 26 heavy (non-hydrogen) atoms. The number of fused-ring (bicyclic) bond motifs is 1. The van der Waals surface area contributed by atoms with Gasteiger partial charge in [0.15, 0.2) is 0 Å². The van der Waals surface area contributed by atoms with Gasteiger partial charge in [0, 0.05) is 18.7 Å². The molecule has 0 radical (unpaired) electrons. The van der Waals surface area contributed by atoms with E-state index < -0.39 is 0 Å². The molecule has 0 N–H and O–H groups in total. The van der Waals surface area contributed by atoms with Crippen LogP contribution in [-0.4, -0.2) is 34.0 Å². The third-order valence-corrected chi connectivity index (χ3v) is 4.87. The van der Waals surface area contributed by atoms with Gasteiger partial charge in [0.1, 0.15) is 0 Å². The Bertz CT molecular complexity index is 929. The van der Waals surface area contributed by atoms with Gasteiger partial charge in [-0.15, -0.1) is 0 Å². The van der Waals surface area contributed by atoms with E-state index in [-0.39, 0.29) is 5.91 Å². The molecule has 134 valence electrons. The Morgan fingerprint density at radius 1 is 1.27 bits per heavy atom. The molecular weight excluding hydrogens is 326 g/mol. The molecule has 1 fully saturated rings. The zero-order chi connectivity index (χ0) is 18.1. The molecule has 5 heteroatoms. The second-order valence-electron chi connectivity index (χ2n) is 7.06. The van der Waals surface area contributed by atoms with Crippen LogP contribution in [0.4, 0.5) is 0 Å². The van der Waals surface area contributed by atoms with Crippen LogP contribution in [0.15, 0.2) is 40.9 Å². The number of carbonyl (C=O) groups excluding carboxylic acids is 1. The summed E-state index contributed by atoms with van der Waals surface area (Å²) >= 11 is 0. The quantitative estimate of drug-likeness (QED) is 0.659. The second kappa shape index (κ2) is 6.90. The van der Waals surface area contributed by atoms with Crippen LogP contribution < -0.4 is 0 Å². The summed E-state index contributed by atoms with van der Waals surface area (Å²) in [5, 5.41) is 4.77. The van der Waals surface area contributed by atoms with Gasteiger partial charge in [-0.25, -0.2) is 4.98 Å². The van der Waals surface area contributed by atoms with Crippen molar-refractivity contribution in [3.05, 3.63) is 47.7 Å². The van der Waals surface area contributed by atoms with E-state index in [9.17, 15) is 4.79 Å². The van der Waals surface area contributed by atoms with Gasteiger partial charge in [-0.2, -0.15) is 0 Å². The van der Waals surface area contributed by atoms with Crippen molar-refractivity contribution in [3.63, 3.8) is 0 Å². The summed E-state index contributed by atoms with van der Waals surface area (Å²) in [6.45, 7) is 5.57. The van der Waals surface area contributed by atoms with Gasteiger partial charge in [0.2, 0.25) is 0 Å². The topological polar surface area (TPSA) is 59.2 Å². The number of aryl methyl sites for hydroxylation is 1. The number of benzene rings is 1. The van der Waals surface area contributed by atoms with E-state index in [4.69, 9.17) is 4.52 Å². The predicted molar refractivity (Wildman–Crippen MR) is 101 cm³/mol. The van der Waals surface area contributed by atoms with Crippen LogP contribution in [0.5, 0.6) is 0 Å². The molecule has 1 aromatic carbocycles. The number of hydrogen-bond donors (Lipinski definition) is 0. The third kappa shape index (κ3) is 3.21. The normalized spacial score (nSPS) is 13.9. The van der Waals surface area contributed by atoms with Crippen LogP contribution in [0.25, 0.3) is 22.4 Å². The summed E-state index contributed by atoms with van der Waals surface area (Å²) in [4.78, 5) is 19.9. The van der Waals surface area contributed by atoms with Crippen LogP contribution in [0.2, 0.25) is 0 Å². The van der Waals surface area contributed by atoms with E-state index in [0.717, 1.165) is 36.2 Å². The minimum atomic E-state index is 0.0506.